The second kappa shape index (κ2) is 6.80. The van der Waals surface area contributed by atoms with Gasteiger partial charge in [-0.15, -0.1) is 0 Å². The lowest BCUT2D eigenvalue weighted by Crippen LogP contribution is -2.24. The molecule has 0 fully saturated rings. The minimum absolute atomic E-state index is 0.120. The normalized spacial score (nSPS) is 13.3. The highest BCUT2D eigenvalue weighted by atomic mass is 19.1. The molecule has 1 rings (SSSR count). The molecular formula is C16H24FNO. The highest BCUT2D eigenvalue weighted by Crippen LogP contribution is 2.32. The molecule has 0 amide bonds. The Morgan fingerprint density at radius 1 is 1.26 bits per heavy atom. The third-order valence-electron chi connectivity index (χ3n) is 3.63. The molecule has 0 heterocycles. The van der Waals surface area contributed by atoms with Crippen LogP contribution in [0.2, 0.25) is 0 Å². The predicted octanol–water partition coefficient (Wildman–Crippen LogP) is 3.80. The summed E-state index contributed by atoms with van der Waals surface area (Å²) in [5.41, 5.74) is 5.94. The molecule has 2 N–H and O–H groups in total. The number of nitrogens with two attached hydrogens (primary N) is 1. The highest BCUT2D eigenvalue weighted by molar-refractivity contribution is 5.96. The molecular weight excluding hydrogens is 241 g/mol. The lowest BCUT2D eigenvalue weighted by molar-refractivity contribution is 0.0954. The average molecular weight is 265 g/mol. The van der Waals surface area contributed by atoms with E-state index >= 15 is 0 Å². The molecule has 0 spiro atoms. The molecule has 1 aromatic rings. The largest absolute Gasteiger partial charge is 0.330 e. The molecule has 0 aromatic heterocycles. The third-order valence-corrected chi connectivity index (χ3v) is 3.63. The first-order chi connectivity index (χ1) is 8.86. The fraction of sp³-hybridized carbons (Fsp3) is 0.562. The van der Waals surface area contributed by atoms with Crippen molar-refractivity contribution in [3.63, 3.8) is 0 Å². The number of carbonyl (C=O) groups is 1. The number of benzene rings is 1. The van der Waals surface area contributed by atoms with E-state index < -0.39 is 5.82 Å². The summed E-state index contributed by atoms with van der Waals surface area (Å²) >= 11 is 0. The Morgan fingerprint density at radius 2 is 1.89 bits per heavy atom. The Labute approximate surface area is 115 Å². The first-order valence-electron chi connectivity index (χ1n) is 6.84. The van der Waals surface area contributed by atoms with Gasteiger partial charge in [-0.05, 0) is 42.9 Å². The van der Waals surface area contributed by atoms with Gasteiger partial charge in [0, 0.05) is 6.42 Å². The monoisotopic (exact) mass is 265 g/mol. The highest BCUT2D eigenvalue weighted by Gasteiger charge is 2.24. The van der Waals surface area contributed by atoms with Crippen molar-refractivity contribution in [2.45, 2.75) is 40.0 Å². The van der Waals surface area contributed by atoms with Crippen LogP contribution >= 0.6 is 0 Å². The van der Waals surface area contributed by atoms with E-state index in [1.165, 1.54) is 6.07 Å². The summed E-state index contributed by atoms with van der Waals surface area (Å²) in [6, 6.07) is 6.16. The maximum absolute atomic E-state index is 13.5. The van der Waals surface area contributed by atoms with Gasteiger partial charge < -0.3 is 5.73 Å². The van der Waals surface area contributed by atoms with Gasteiger partial charge in [0.1, 0.15) is 5.82 Å². The molecule has 0 bridgehead atoms. The predicted molar refractivity (Wildman–Crippen MR) is 76.6 cm³/mol. The molecule has 1 aromatic carbocycles. The Morgan fingerprint density at radius 3 is 2.42 bits per heavy atom. The van der Waals surface area contributed by atoms with E-state index in [1.54, 1.807) is 18.2 Å². The fourth-order valence-electron chi connectivity index (χ4n) is 2.34. The first kappa shape index (κ1) is 15.8. The second-order valence-electron chi connectivity index (χ2n) is 6.08. The molecule has 1 atom stereocenters. The number of rotatable bonds is 6. The van der Waals surface area contributed by atoms with Crippen LogP contribution in [0.4, 0.5) is 4.39 Å². The van der Waals surface area contributed by atoms with Crippen molar-refractivity contribution in [2.75, 3.05) is 6.54 Å². The van der Waals surface area contributed by atoms with Gasteiger partial charge in [-0.2, -0.15) is 0 Å². The maximum Gasteiger partial charge on any atom is 0.165 e. The number of hydrogen-bond acceptors (Lipinski definition) is 2. The van der Waals surface area contributed by atoms with Gasteiger partial charge in [-0.25, -0.2) is 4.39 Å². The Balaban J connectivity index is 2.65. The van der Waals surface area contributed by atoms with Crippen molar-refractivity contribution in [1.82, 2.24) is 0 Å². The zero-order valence-corrected chi connectivity index (χ0v) is 12.1. The standard InChI is InChI=1S/C16H24FNO/c1-16(2,3)12(10-11-18)8-9-15(19)13-6-4-5-7-14(13)17/h4-7,12H,8-11,18H2,1-3H3. The zero-order chi connectivity index (χ0) is 14.5. The first-order valence-corrected chi connectivity index (χ1v) is 6.84. The number of halogens is 1. The molecule has 2 nitrogen and oxygen atoms in total. The van der Waals surface area contributed by atoms with Crippen LogP contribution in [0.1, 0.15) is 50.4 Å². The summed E-state index contributed by atoms with van der Waals surface area (Å²) in [4.78, 5) is 12.0. The van der Waals surface area contributed by atoms with Crippen LogP contribution < -0.4 is 5.73 Å². The van der Waals surface area contributed by atoms with Crippen molar-refractivity contribution in [3.05, 3.63) is 35.6 Å². The molecule has 19 heavy (non-hydrogen) atoms. The van der Waals surface area contributed by atoms with Crippen LogP contribution in [-0.4, -0.2) is 12.3 Å². The number of Topliss-reactive ketones (excluding diaryl/α,β-unsaturated/α-hetero) is 1. The van der Waals surface area contributed by atoms with Crippen LogP contribution in [-0.2, 0) is 0 Å². The van der Waals surface area contributed by atoms with E-state index in [0.717, 1.165) is 12.8 Å². The van der Waals surface area contributed by atoms with Crippen molar-refractivity contribution >= 4 is 5.78 Å². The summed E-state index contributed by atoms with van der Waals surface area (Å²) in [7, 11) is 0. The SMILES string of the molecule is CC(C)(C)C(CCN)CCC(=O)c1ccccc1F. The van der Waals surface area contributed by atoms with Crippen molar-refractivity contribution in [2.24, 2.45) is 17.1 Å². The van der Waals surface area contributed by atoms with Gasteiger partial charge in [0.15, 0.2) is 5.78 Å². The zero-order valence-electron chi connectivity index (χ0n) is 12.1. The minimum Gasteiger partial charge on any atom is -0.330 e. The summed E-state index contributed by atoms with van der Waals surface area (Å²) in [5.74, 6) is -0.170. The van der Waals surface area contributed by atoms with Gasteiger partial charge in [-0.1, -0.05) is 32.9 Å². The number of ketones is 1. The summed E-state index contributed by atoms with van der Waals surface area (Å²) < 4.78 is 13.5. The van der Waals surface area contributed by atoms with Gasteiger partial charge in [-0.3, -0.25) is 4.79 Å². The quantitative estimate of drug-likeness (QED) is 0.795. The Bertz CT molecular complexity index is 423. The molecule has 3 heteroatoms. The molecule has 1 unspecified atom stereocenters. The van der Waals surface area contributed by atoms with Crippen LogP contribution in [0, 0.1) is 17.2 Å². The van der Waals surface area contributed by atoms with E-state index in [4.69, 9.17) is 5.73 Å². The van der Waals surface area contributed by atoms with Crippen LogP contribution in [0.25, 0.3) is 0 Å². The van der Waals surface area contributed by atoms with Crippen LogP contribution in [0.5, 0.6) is 0 Å². The molecule has 0 aliphatic heterocycles. The molecule has 0 aliphatic rings. The van der Waals surface area contributed by atoms with E-state index in [2.05, 4.69) is 20.8 Å². The minimum atomic E-state index is -0.432. The Hall–Kier alpha value is -1.22. The molecule has 106 valence electrons. The van der Waals surface area contributed by atoms with Crippen molar-refractivity contribution in [1.29, 1.82) is 0 Å². The van der Waals surface area contributed by atoms with Gasteiger partial charge in [0.25, 0.3) is 0 Å². The summed E-state index contributed by atoms with van der Waals surface area (Å²) in [6.07, 6.45) is 2.03. The van der Waals surface area contributed by atoms with E-state index in [9.17, 15) is 9.18 Å². The van der Waals surface area contributed by atoms with E-state index in [1.807, 2.05) is 0 Å². The lowest BCUT2D eigenvalue weighted by atomic mass is 9.76. The van der Waals surface area contributed by atoms with Crippen LogP contribution in [0.3, 0.4) is 0 Å². The topological polar surface area (TPSA) is 43.1 Å². The molecule has 0 saturated heterocycles. The lowest BCUT2D eigenvalue weighted by Gasteiger charge is -2.30. The second-order valence-corrected chi connectivity index (χ2v) is 6.08. The van der Waals surface area contributed by atoms with E-state index in [-0.39, 0.29) is 16.8 Å². The van der Waals surface area contributed by atoms with Gasteiger partial charge in [0.2, 0.25) is 0 Å². The summed E-state index contributed by atoms with van der Waals surface area (Å²) in [5, 5.41) is 0. The van der Waals surface area contributed by atoms with Gasteiger partial charge in [0.05, 0.1) is 5.56 Å². The van der Waals surface area contributed by atoms with Crippen molar-refractivity contribution < 1.29 is 9.18 Å². The average Bonchev–Trinajstić information content (AvgIpc) is 2.33. The Kier molecular flexibility index (Phi) is 5.67. The van der Waals surface area contributed by atoms with E-state index in [0.29, 0.717) is 18.9 Å². The van der Waals surface area contributed by atoms with Crippen molar-refractivity contribution in [3.8, 4) is 0 Å². The third kappa shape index (κ3) is 4.75. The van der Waals surface area contributed by atoms with Gasteiger partial charge >= 0.3 is 0 Å². The number of hydrogen-bond donors (Lipinski definition) is 1. The maximum atomic E-state index is 13.5. The fourth-order valence-corrected chi connectivity index (χ4v) is 2.34. The molecule has 0 saturated carbocycles. The molecule has 0 radical (unpaired) electrons. The smallest absolute Gasteiger partial charge is 0.165 e. The summed E-state index contributed by atoms with van der Waals surface area (Å²) in [6.45, 7) is 7.08. The van der Waals surface area contributed by atoms with Crippen LogP contribution in [0.15, 0.2) is 24.3 Å². The number of carbonyl (C=O) groups excluding carboxylic acids is 1. The molecule has 0 aliphatic carbocycles.